The van der Waals surface area contributed by atoms with Gasteiger partial charge in [-0.1, -0.05) is 238 Å². The standard InChI is InChI=1S/C54H108NO7P/c1-6-8-10-12-14-16-18-20-22-24-26-27-28-29-31-33-35-37-39-41-43-45-47-54(56)62-53(52-61-63(57,58)60-50-48-55(3,4)5)51-59-49-46-44-42-40-38-36-34-32-30-25-23-21-19-17-15-13-11-9-7-2/h23,25,53H,6-22,24,26-52H2,1-5H3/b25-23-. The first-order valence-electron chi connectivity index (χ1n) is 27.4. The van der Waals surface area contributed by atoms with E-state index in [1.807, 2.05) is 21.1 Å². The average Bonchev–Trinajstić information content (AvgIpc) is 3.24. The highest BCUT2D eigenvalue weighted by molar-refractivity contribution is 7.45. The maximum absolute atomic E-state index is 12.8. The van der Waals surface area contributed by atoms with Crippen LogP contribution in [0.2, 0.25) is 0 Å². The number of carbonyl (C=O) groups excluding carboxylic acids is 1. The van der Waals surface area contributed by atoms with Crippen LogP contribution < -0.4 is 4.89 Å². The second kappa shape index (κ2) is 47.7. The van der Waals surface area contributed by atoms with Crippen LogP contribution in [0.25, 0.3) is 0 Å². The molecule has 0 saturated heterocycles. The Hall–Kier alpha value is -0.760. The topological polar surface area (TPSA) is 94.1 Å². The van der Waals surface area contributed by atoms with Gasteiger partial charge in [0, 0.05) is 13.0 Å². The van der Waals surface area contributed by atoms with E-state index < -0.39 is 13.9 Å². The van der Waals surface area contributed by atoms with E-state index in [-0.39, 0.29) is 25.8 Å². The highest BCUT2D eigenvalue weighted by Crippen LogP contribution is 2.38. The molecule has 0 radical (unpaired) electrons. The molecule has 0 aliphatic carbocycles. The summed E-state index contributed by atoms with van der Waals surface area (Å²) in [5, 5.41) is 0. The summed E-state index contributed by atoms with van der Waals surface area (Å²) < 4.78 is 34.8. The molecular weight excluding hydrogens is 806 g/mol. The zero-order valence-electron chi connectivity index (χ0n) is 42.8. The summed E-state index contributed by atoms with van der Waals surface area (Å²) in [6.07, 6.45) is 55.3. The highest BCUT2D eigenvalue weighted by Gasteiger charge is 2.20. The molecule has 0 rings (SSSR count). The van der Waals surface area contributed by atoms with Crippen LogP contribution >= 0.6 is 7.82 Å². The zero-order valence-corrected chi connectivity index (χ0v) is 43.7. The van der Waals surface area contributed by atoms with Gasteiger partial charge in [-0.2, -0.15) is 0 Å². The van der Waals surface area contributed by atoms with Crippen molar-refractivity contribution in [2.45, 2.75) is 277 Å². The number of quaternary nitrogens is 1. The number of carbonyl (C=O) groups is 1. The van der Waals surface area contributed by atoms with Gasteiger partial charge in [-0.05, 0) is 38.5 Å². The molecule has 0 aromatic heterocycles. The Morgan fingerprint density at radius 3 is 1.21 bits per heavy atom. The molecule has 0 saturated carbocycles. The number of phosphoric ester groups is 1. The smallest absolute Gasteiger partial charge is 0.306 e. The Labute approximate surface area is 392 Å². The van der Waals surface area contributed by atoms with Crippen molar-refractivity contribution in [3.63, 3.8) is 0 Å². The number of allylic oxidation sites excluding steroid dienone is 2. The van der Waals surface area contributed by atoms with Crippen molar-refractivity contribution in [1.29, 1.82) is 0 Å². The van der Waals surface area contributed by atoms with E-state index in [1.165, 1.54) is 218 Å². The molecule has 0 aromatic carbocycles. The maximum atomic E-state index is 12.8. The van der Waals surface area contributed by atoms with Crippen LogP contribution in [0.5, 0.6) is 0 Å². The molecule has 0 bridgehead atoms. The highest BCUT2D eigenvalue weighted by atomic mass is 31.2. The van der Waals surface area contributed by atoms with Crippen LogP contribution in [0.4, 0.5) is 0 Å². The summed E-state index contributed by atoms with van der Waals surface area (Å²) in [5.74, 6) is -0.327. The van der Waals surface area contributed by atoms with Crippen molar-refractivity contribution in [2.75, 3.05) is 54.1 Å². The van der Waals surface area contributed by atoms with Gasteiger partial charge in [-0.15, -0.1) is 0 Å². The van der Waals surface area contributed by atoms with Crippen LogP contribution in [0.15, 0.2) is 12.2 Å². The molecule has 0 heterocycles. The summed E-state index contributed by atoms with van der Waals surface area (Å²) in [4.78, 5) is 25.2. The van der Waals surface area contributed by atoms with Crippen molar-refractivity contribution in [3.8, 4) is 0 Å². The number of esters is 1. The predicted molar refractivity (Wildman–Crippen MR) is 268 cm³/mol. The molecule has 8 nitrogen and oxygen atoms in total. The molecule has 0 N–H and O–H groups in total. The molecule has 0 fully saturated rings. The first-order chi connectivity index (χ1) is 30.6. The van der Waals surface area contributed by atoms with E-state index in [1.54, 1.807) is 0 Å². The van der Waals surface area contributed by atoms with E-state index >= 15 is 0 Å². The normalized spacial score (nSPS) is 13.6. The van der Waals surface area contributed by atoms with E-state index in [9.17, 15) is 14.3 Å². The van der Waals surface area contributed by atoms with Crippen LogP contribution in [0.3, 0.4) is 0 Å². The lowest BCUT2D eigenvalue weighted by Crippen LogP contribution is -2.37. The van der Waals surface area contributed by atoms with Gasteiger partial charge in [0.1, 0.15) is 19.3 Å². The molecule has 0 aliphatic rings. The summed E-state index contributed by atoms with van der Waals surface area (Å²) >= 11 is 0. The van der Waals surface area contributed by atoms with Crippen LogP contribution in [0, 0.1) is 0 Å². The number of hydrogen-bond donors (Lipinski definition) is 0. The fourth-order valence-electron chi connectivity index (χ4n) is 8.07. The summed E-state index contributed by atoms with van der Waals surface area (Å²) in [5.41, 5.74) is 0. The van der Waals surface area contributed by atoms with Gasteiger partial charge in [0.2, 0.25) is 0 Å². The first kappa shape index (κ1) is 62.2. The van der Waals surface area contributed by atoms with Crippen molar-refractivity contribution >= 4 is 13.8 Å². The Morgan fingerprint density at radius 1 is 0.476 bits per heavy atom. The number of hydrogen-bond acceptors (Lipinski definition) is 7. The second-order valence-electron chi connectivity index (χ2n) is 20.0. The van der Waals surface area contributed by atoms with Crippen LogP contribution in [-0.4, -0.2) is 70.7 Å². The Morgan fingerprint density at radius 2 is 0.825 bits per heavy atom. The third-order valence-corrected chi connectivity index (χ3v) is 13.3. The largest absolute Gasteiger partial charge is 0.756 e. The monoisotopic (exact) mass is 914 g/mol. The number of rotatable bonds is 52. The van der Waals surface area contributed by atoms with E-state index in [0.717, 1.165) is 32.1 Å². The minimum Gasteiger partial charge on any atom is -0.756 e. The molecule has 376 valence electrons. The molecule has 0 spiro atoms. The van der Waals surface area contributed by atoms with Crippen molar-refractivity contribution in [3.05, 3.63) is 12.2 Å². The summed E-state index contributed by atoms with van der Waals surface area (Å²) in [6, 6.07) is 0. The lowest BCUT2D eigenvalue weighted by atomic mass is 10.0. The first-order valence-corrected chi connectivity index (χ1v) is 28.9. The third kappa shape index (κ3) is 52.1. The number of nitrogens with zero attached hydrogens (tertiary/aromatic N) is 1. The van der Waals surface area contributed by atoms with Crippen LogP contribution in [-0.2, 0) is 27.9 Å². The minimum atomic E-state index is -4.53. The van der Waals surface area contributed by atoms with Gasteiger partial charge < -0.3 is 27.9 Å². The number of ether oxygens (including phenoxy) is 2. The quantitative estimate of drug-likeness (QED) is 0.0197. The molecular formula is C54H108NO7P. The Kier molecular flexibility index (Phi) is 47.1. The van der Waals surface area contributed by atoms with Gasteiger partial charge in [-0.3, -0.25) is 9.36 Å². The molecule has 2 atom stereocenters. The molecule has 9 heteroatoms. The minimum absolute atomic E-state index is 0.0293. The van der Waals surface area contributed by atoms with Gasteiger partial charge in [0.15, 0.2) is 0 Å². The summed E-state index contributed by atoms with van der Waals surface area (Å²) in [7, 11) is 1.37. The third-order valence-electron chi connectivity index (χ3n) is 12.3. The van der Waals surface area contributed by atoms with E-state index in [4.69, 9.17) is 18.5 Å². The van der Waals surface area contributed by atoms with Crippen molar-refractivity contribution in [1.82, 2.24) is 0 Å². The zero-order chi connectivity index (χ0) is 46.2. The number of phosphoric acid groups is 1. The van der Waals surface area contributed by atoms with E-state index in [0.29, 0.717) is 24.1 Å². The van der Waals surface area contributed by atoms with Gasteiger partial charge in [0.25, 0.3) is 7.82 Å². The molecule has 63 heavy (non-hydrogen) atoms. The second-order valence-corrected chi connectivity index (χ2v) is 21.4. The molecule has 0 aliphatic heterocycles. The molecule has 2 unspecified atom stereocenters. The lowest BCUT2D eigenvalue weighted by Gasteiger charge is -2.28. The molecule has 0 amide bonds. The average molecular weight is 914 g/mol. The fraction of sp³-hybridized carbons (Fsp3) is 0.944. The van der Waals surface area contributed by atoms with Crippen LogP contribution in [0.1, 0.15) is 271 Å². The SMILES string of the molecule is CCCCCCCCC/C=C\CCCCCCCCCCOCC(COP(=O)([O-])OCC[N+](C)(C)C)OC(=O)CCCCCCCCCCCCCCCCCCCCCCCC. The number of likely N-dealkylation sites (N-methyl/N-ethyl adjacent to an activating group) is 1. The fourth-order valence-corrected chi connectivity index (χ4v) is 8.80. The number of unbranched alkanes of at least 4 members (excludes halogenated alkanes) is 36. The Bertz CT molecular complexity index is 1020. The van der Waals surface area contributed by atoms with Gasteiger partial charge >= 0.3 is 5.97 Å². The van der Waals surface area contributed by atoms with Gasteiger partial charge in [0.05, 0.1) is 34.4 Å². The van der Waals surface area contributed by atoms with Crippen molar-refractivity contribution in [2.24, 2.45) is 0 Å². The molecule has 0 aromatic rings. The summed E-state index contributed by atoms with van der Waals surface area (Å²) in [6.45, 7) is 5.47. The Balaban J connectivity index is 4.06. The predicted octanol–water partition coefficient (Wildman–Crippen LogP) is 16.3. The maximum Gasteiger partial charge on any atom is 0.306 e. The lowest BCUT2D eigenvalue weighted by molar-refractivity contribution is -0.870. The van der Waals surface area contributed by atoms with E-state index in [2.05, 4.69) is 26.0 Å². The van der Waals surface area contributed by atoms with Crippen molar-refractivity contribution < 1.29 is 37.3 Å². The van der Waals surface area contributed by atoms with Gasteiger partial charge in [-0.25, -0.2) is 0 Å².